The first-order valence-corrected chi connectivity index (χ1v) is 6.54. The molecule has 5 heteroatoms. The van der Waals surface area contributed by atoms with Crippen LogP contribution in [0.5, 0.6) is 0 Å². The second-order valence-corrected chi connectivity index (χ2v) is 4.24. The molecule has 0 fully saturated rings. The van der Waals surface area contributed by atoms with Crippen molar-refractivity contribution < 1.29 is 9.53 Å². The van der Waals surface area contributed by atoms with Crippen LogP contribution in [0.4, 0.5) is 0 Å². The smallest absolute Gasteiger partial charge is 0.305 e. The second-order valence-electron chi connectivity index (χ2n) is 4.24. The number of aryl methyl sites for hydroxylation is 1. The Morgan fingerprint density at radius 1 is 1.65 bits per heavy atom. The molecule has 1 rings (SSSR count). The maximum atomic E-state index is 11.3. The highest BCUT2D eigenvalue weighted by atomic mass is 16.5. The van der Waals surface area contributed by atoms with Crippen molar-refractivity contribution in [3.63, 3.8) is 0 Å². The van der Waals surface area contributed by atoms with Crippen LogP contribution in [-0.2, 0) is 16.1 Å². The van der Waals surface area contributed by atoms with Gasteiger partial charge in [-0.3, -0.25) is 9.48 Å². The number of hydrogen-bond donors (Lipinski definition) is 0. The van der Waals surface area contributed by atoms with Crippen molar-refractivity contribution in [3.8, 4) is 6.07 Å². The summed E-state index contributed by atoms with van der Waals surface area (Å²) in [7, 11) is 0. The summed E-state index contributed by atoms with van der Waals surface area (Å²) in [6.07, 6.45) is 5.92. The van der Waals surface area contributed by atoms with E-state index in [0.717, 1.165) is 16.8 Å². The molecule has 0 saturated carbocycles. The van der Waals surface area contributed by atoms with Crippen LogP contribution < -0.4 is 0 Å². The van der Waals surface area contributed by atoms with E-state index in [-0.39, 0.29) is 5.97 Å². The predicted octanol–water partition coefficient (Wildman–Crippen LogP) is 2.80. The number of rotatable bonds is 7. The van der Waals surface area contributed by atoms with Gasteiger partial charge < -0.3 is 4.74 Å². The number of esters is 1. The van der Waals surface area contributed by atoms with Crippen LogP contribution in [0.15, 0.2) is 18.9 Å². The van der Waals surface area contributed by atoms with E-state index in [2.05, 4.69) is 11.7 Å². The molecule has 20 heavy (non-hydrogen) atoms. The third-order valence-corrected chi connectivity index (χ3v) is 2.84. The highest BCUT2D eigenvalue weighted by molar-refractivity contribution is 5.72. The van der Waals surface area contributed by atoms with Gasteiger partial charge in [-0.25, -0.2) is 0 Å². The summed E-state index contributed by atoms with van der Waals surface area (Å²) in [5.74, 6) is -0.194. The van der Waals surface area contributed by atoms with Crippen LogP contribution in [0.3, 0.4) is 0 Å². The molecule has 0 aliphatic carbocycles. The number of hydrogen-bond acceptors (Lipinski definition) is 4. The zero-order valence-electron chi connectivity index (χ0n) is 11.9. The van der Waals surface area contributed by atoms with Crippen LogP contribution in [-0.4, -0.2) is 22.4 Å². The Morgan fingerprint density at radius 2 is 2.40 bits per heavy atom. The van der Waals surface area contributed by atoms with E-state index >= 15 is 0 Å². The van der Waals surface area contributed by atoms with Crippen molar-refractivity contribution >= 4 is 17.6 Å². The zero-order valence-corrected chi connectivity index (χ0v) is 11.9. The first kappa shape index (κ1) is 15.7. The van der Waals surface area contributed by atoms with Gasteiger partial charge in [0.1, 0.15) is 0 Å². The van der Waals surface area contributed by atoms with Crippen molar-refractivity contribution in [1.29, 1.82) is 5.26 Å². The number of carbonyl (C=O) groups excluding carboxylic acids is 1. The second kappa shape index (κ2) is 7.95. The summed E-state index contributed by atoms with van der Waals surface area (Å²) in [5, 5.41) is 13.0. The average molecular weight is 273 g/mol. The van der Waals surface area contributed by atoms with Gasteiger partial charge in [0.05, 0.1) is 24.6 Å². The molecule has 0 saturated heterocycles. The van der Waals surface area contributed by atoms with E-state index in [1.807, 2.05) is 13.0 Å². The highest BCUT2D eigenvalue weighted by Gasteiger charge is 2.10. The van der Waals surface area contributed by atoms with E-state index in [1.54, 1.807) is 23.9 Å². The van der Waals surface area contributed by atoms with Gasteiger partial charge in [-0.2, -0.15) is 10.4 Å². The van der Waals surface area contributed by atoms with Crippen LogP contribution in [0, 0.1) is 11.3 Å². The summed E-state index contributed by atoms with van der Waals surface area (Å²) >= 11 is 0. The fraction of sp³-hybridized carbons (Fsp3) is 0.400. The fourth-order valence-corrected chi connectivity index (χ4v) is 1.87. The number of nitriles is 1. The molecule has 0 unspecified atom stereocenters. The summed E-state index contributed by atoms with van der Waals surface area (Å²) in [6, 6.07) is 2.00. The lowest BCUT2D eigenvalue weighted by molar-refractivity contribution is -0.143. The number of aromatic nitrogens is 2. The quantitative estimate of drug-likeness (QED) is 0.566. The third kappa shape index (κ3) is 4.09. The van der Waals surface area contributed by atoms with E-state index in [9.17, 15) is 4.79 Å². The largest absolute Gasteiger partial charge is 0.466 e. The summed E-state index contributed by atoms with van der Waals surface area (Å²) < 4.78 is 6.67. The average Bonchev–Trinajstić information content (AvgIpc) is 2.82. The lowest BCUT2D eigenvalue weighted by Crippen LogP contribution is -2.08. The van der Waals surface area contributed by atoms with Crippen LogP contribution in [0.2, 0.25) is 0 Å². The lowest BCUT2D eigenvalue weighted by atomic mass is 10.1. The Morgan fingerprint density at radius 3 is 3.00 bits per heavy atom. The van der Waals surface area contributed by atoms with Crippen LogP contribution in [0.1, 0.15) is 37.9 Å². The minimum atomic E-state index is -0.194. The van der Waals surface area contributed by atoms with Crippen molar-refractivity contribution in [2.24, 2.45) is 0 Å². The van der Waals surface area contributed by atoms with E-state index in [4.69, 9.17) is 10.00 Å². The fourth-order valence-electron chi connectivity index (χ4n) is 1.87. The SMILES string of the molecule is C=Cc1c(/C(C)=C/C#N)cnn1CCCC(=O)OCC. The molecule has 0 N–H and O–H groups in total. The van der Waals surface area contributed by atoms with Crippen molar-refractivity contribution in [2.75, 3.05) is 6.61 Å². The van der Waals surface area contributed by atoms with Crippen molar-refractivity contribution in [2.45, 2.75) is 33.2 Å². The molecule has 0 atom stereocenters. The molecular weight excluding hydrogens is 254 g/mol. The Balaban J connectivity index is 2.73. The Bertz CT molecular complexity index is 550. The van der Waals surface area contributed by atoms with Gasteiger partial charge in [0.15, 0.2) is 0 Å². The molecule has 0 bridgehead atoms. The first-order chi connectivity index (χ1) is 9.63. The van der Waals surface area contributed by atoms with Crippen LogP contribution >= 0.6 is 0 Å². The van der Waals surface area contributed by atoms with Gasteiger partial charge in [-0.05, 0) is 31.9 Å². The Labute approximate surface area is 119 Å². The normalized spacial score (nSPS) is 10.9. The third-order valence-electron chi connectivity index (χ3n) is 2.84. The molecule has 0 aromatic carbocycles. The maximum Gasteiger partial charge on any atom is 0.305 e. The molecule has 0 radical (unpaired) electrons. The maximum absolute atomic E-state index is 11.3. The molecule has 5 nitrogen and oxygen atoms in total. The zero-order chi connectivity index (χ0) is 15.0. The Hall–Kier alpha value is -2.35. The Kier molecular flexibility index (Phi) is 6.24. The molecule has 1 aromatic rings. The van der Waals surface area contributed by atoms with Gasteiger partial charge in [-0.1, -0.05) is 6.58 Å². The van der Waals surface area contributed by atoms with Crippen molar-refractivity contribution in [1.82, 2.24) is 9.78 Å². The lowest BCUT2D eigenvalue weighted by Gasteiger charge is -2.06. The molecule has 0 aliphatic rings. The van der Waals surface area contributed by atoms with Crippen molar-refractivity contribution in [3.05, 3.63) is 30.1 Å². The monoisotopic (exact) mass is 273 g/mol. The van der Waals surface area contributed by atoms with Gasteiger partial charge in [0.25, 0.3) is 0 Å². The molecule has 0 amide bonds. The number of nitrogens with zero attached hydrogens (tertiary/aromatic N) is 3. The molecular formula is C15H19N3O2. The molecule has 0 aliphatic heterocycles. The molecule has 1 aromatic heterocycles. The van der Waals surface area contributed by atoms with Gasteiger partial charge >= 0.3 is 5.97 Å². The standard InChI is InChI=1S/C15H19N3O2/c1-4-14-13(12(3)8-9-16)11-17-18(14)10-6-7-15(19)20-5-2/h4,8,11H,1,5-7,10H2,2-3H3/b12-8+. The number of allylic oxidation sites excluding steroid dienone is 2. The minimum absolute atomic E-state index is 0.194. The first-order valence-electron chi connectivity index (χ1n) is 6.54. The molecule has 1 heterocycles. The summed E-state index contributed by atoms with van der Waals surface area (Å²) in [5.41, 5.74) is 2.59. The number of ether oxygens (including phenoxy) is 1. The van der Waals surface area contributed by atoms with E-state index in [1.165, 1.54) is 6.08 Å². The minimum Gasteiger partial charge on any atom is -0.466 e. The highest BCUT2D eigenvalue weighted by Crippen LogP contribution is 2.20. The molecule has 0 spiro atoms. The molecule has 106 valence electrons. The van der Waals surface area contributed by atoms with E-state index < -0.39 is 0 Å². The summed E-state index contributed by atoms with van der Waals surface area (Å²) in [4.78, 5) is 11.3. The van der Waals surface area contributed by atoms with Gasteiger partial charge in [0, 0.05) is 24.6 Å². The van der Waals surface area contributed by atoms with Gasteiger partial charge in [0.2, 0.25) is 0 Å². The summed E-state index contributed by atoms with van der Waals surface area (Å²) in [6.45, 7) is 8.44. The van der Waals surface area contributed by atoms with Gasteiger partial charge in [-0.15, -0.1) is 0 Å². The number of carbonyl (C=O) groups is 1. The topological polar surface area (TPSA) is 67.9 Å². The van der Waals surface area contributed by atoms with E-state index in [0.29, 0.717) is 26.0 Å². The van der Waals surface area contributed by atoms with Crippen LogP contribution in [0.25, 0.3) is 11.6 Å². The predicted molar refractivity (Wildman–Crippen MR) is 77.4 cm³/mol.